The molecule has 22 heavy (non-hydrogen) atoms. The second kappa shape index (κ2) is 11.1. The van der Waals surface area contributed by atoms with Gasteiger partial charge in [-0.15, -0.1) is 0 Å². The van der Waals surface area contributed by atoms with Crippen LogP contribution in [0.1, 0.15) is 19.3 Å². The zero-order chi connectivity index (χ0) is 17.0. The van der Waals surface area contributed by atoms with E-state index in [0.29, 0.717) is 32.1 Å². The molecule has 0 fully saturated rings. The third-order valence-electron chi connectivity index (χ3n) is 2.65. The van der Waals surface area contributed by atoms with E-state index in [0.717, 1.165) is 0 Å². The first kappa shape index (κ1) is 20.5. The largest absolute Gasteiger partial charge is 0.389 e. The Labute approximate surface area is 129 Å². The Hall–Kier alpha value is -1.51. The van der Waals surface area contributed by atoms with E-state index in [9.17, 15) is 18.0 Å². The SMILES string of the molecule is COCCNC(=NCC(=O)N(C)C)NCCCCC(F)(F)F. The summed E-state index contributed by atoms with van der Waals surface area (Å²) in [5, 5.41) is 5.85. The fraction of sp³-hybridized carbons (Fsp3) is 0.846. The second-order valence-corrected chi connectivity index (χ2v) is 4.87. The minimum atomic E-state index is -4.12. The smallest absolute Gasteiger partial charge is 0.383 e. The molecule has 1 amide bonds. The van der Waals surface area contributed by atoms with Crippen molar-refractivity contribution in [2.24, 2.45) is 4.99 Å². The summed E-state index contributed by atoms with van der Waals surface area (Å²) in [4.78, 5) is 17.0. The molecule has 0 aliphatic carbocycles. The fourth-order valence-electron chi connectivity index (χ4n) is 1.39. The average molecular weight is 326 g/mol. The summed E-state index contributed by atoms with van der Waals surface area (Å²) in [6, 6.07) is 0. The molecule has 0 rings (SSSR count). The molecule has 0 saturated carbocycles. The van der Waals surface area contributed by atoms with Crippen LogP contribution in [0.3, 0.4) is 0 Å². The number of hydrogen-bond acceptors (Lipinski definition) is 3. The number of likely N-dealkylation sites (N-methyl/N-ethyl adjacent to an activating group) is 1. The highest BCUT2D eigenvalue weighted by molar-refractivity contribution is 5.84. The maximum Gasteiger partial charge on any atom is 0.389 e. The van der Waals surface area contributed by atoms with Crippen LogP contribution in [0.5, 0.6) is 0 Å². The number of carbonyl (C=O) groups excluding carboxylic acids is 1. The number of amides is 1. The molecule has 0 aliphatic heterocycles. The van der Waals surface area contributed by atoms with E-state index in [-0.39, 0.29) is 18.9 Å². The van der Waals surface area contributed by atoms with Gasteiger partial charge in [0.25, 0.3) is 0 Å². The predicted molar refractivity (Wildman–Crippen MR) is 78.8 cm³/mol. The Balaban J connectivity index is 4.17. The molecule has 6 nitrogen and oxygen atoms in total. The van der Waals surface area contributed by atoms with Crippen molar-refractivity contribution in [2.75, 3.05) is 47.4 Å². The summed E-state index contributed by atoms with van der Waals surface area (Å²) in [6.07, 6.45) is -4.49. The summed E-state index contributed by atoms with van der Waals surface area (Å²) in [5.41, 5.74) is 0. The number of methoxy groups -OCH3 is 1. The summed E-state index contributed by atoms with van der Waals surface area (Å²) in [7, 11) is 4.81. The first-order valence-electron chi connectivity index (χ1n) is 7.04. The van der Waals surface area contributed by atoms with Gasteiger partial charge < -0.3 is 20.3 Å². The topological polar surface area (TPSA) is 66.0 Å². The molecule has 0 bridgehead atoms. The summed E-state index contributed by atoms with van der Waals surface area (Å²) >= 11 is 0. The third-order valence-corrected chi connectivity index (χ3v) is 2.65. The summed E-state index contributed by atoms with van der Waals surface area (Å²) in [6.45, 7) is 1.26. The van der Waals surface area contributed by atoms with E-state index in [2.05, 4.69) is 15.6 Å². The van der Waals surface area contributed by atoms with Gasteiger partial charge in [-0.2, -0.15) is 13.2 Å². The van der Waals surface area contributed by atoms with Gasteiger partial charge in [-0.25, -0.2) is 4.99 Å². The molecule has 130 valence electrons. The van der Waals surface area contributed by atoms with Crippen molar-refractivity contribution < 1.29 is 22.7 Å². The fourth-order valence-corrected chi connectivity index (χ4v) is 1.39. The lowest BCUT2D eigenvalue weighted by Crippen LogP contribution is -2.40. The number of carbonyl (C=O) groups is 1. The van der Waals surface area contributed by atoms with Crippen molar-refractivity contribution in [3.63, 3.8) is 0 Å². The van der Waals surface area contributed by atoms with Crippen LogP contribution in [-0.4, -0.2) is 70.4 Å². The van der Waals surface area contributed by atoms with Gasteiger partial charge in [0.2, 0.25) is 5.91 Å². The maximum atomic E-state index is 12.0. The number of alkyl halides is 3. The van der Waals surface area contributed by atoms with Gasteiger partial charge in [0, 0.05) is 40.7 Å². The summed E-state index contributed by atoms with van der Waals surface area (Å²) in [5.74, 6) is 0.226. The van der Waals surface area contributed by atoms with Gasteiger partial charge in [0.15, 0.2) is 5.96 Å². The average Bonchev–Trinajstić information content (AvgIpc) is 2.42. The van der Waals surface area contributed by atoms with Crippen LogP contribution in [0.4, 0.5) is 13.2 Å². The van der Waals surface area contributed by atoms with Gasteiger partial charge in [0.1, 0.15) is 6.54 Å². The van der Waals surface area contributed by atoms with Crippen LogP contribution in [0.25, 0.3) is 0 Å². The highest BCUT2D eigenvalue weighted by Gasteiger charge is 2.25. The van der Waals surface area contributed by atoms with E-state index < -0.39 is 12.6 Å². The zero-order valence-electron chi connectivity index (χ0n) is 13.3. The number of halogens is 3. The highest BCUT2D eigenvalue weighted by atomic mass is 19.4. The molecule has 9 heteroatoms. The zero-order valence-corrected chi connectivity index (χ0v) is 13.3. The van der Waals surface area contributed by atoms with Crippen LogP contribution in [0.2, 0.25) is 0 Å². The molecule has 0 heterocycles. The quantitative estimate of drug-likeness (QED) is 0.377. The van der Waals surface area contributed by atoms with E-state index in [1.807, 2.05) is 0 Å². The van der Waals surface area contributed by atoms with Gasteiger partial charge >= 0.3 is 6.18 Å². The minimum Gasteiger partial charge on any atom is -0.383 e. The number of nitrogens with one attached hydrogen (secondary N) is 2. The number of aliphatic imine (C=N–C) groups is 1. The summed E-state index contributed by atoms with van der Waals surface area (Å²) < 4.78 is 41.0. The Bertz CT molecular complexity index is 347. The number of ether oxygens (including phenoxy) is 1. The first-order valence-corrected chi connectivity index (χ1v) is 7.04. The van der Waals surface area contributed by atoms with Crippen molar-refractivity contribution in [3.05, 3.63) is 0 Å². The van der Waals surface area contributed by atoms with Crippen molar-refractivity contribution in [1.82, 2.24) is 15.5 Å². The van der Waals surface area contributed by atoms with E-state index >= 15 is 0 Å². The second-order valence-electron chi connectivity index (χ2n) is 4.87. The van der Waals surface area contributed by atoms with Gasteiger partial charge in [0.05, 0.1) is 6.61 Å². The molecule has 0 aromatic heterocycles. The number of unbranched alkanes of at least 4 members (excludes halogenated alkanes) is 1. The standard InChI is InChI=1S/C13H25F3N4O2/c1-20(2)11(21)10-19-12(18-8-9-22-3)17-7-5-4-6-13(14,15)16/h4-10H2,1-3H3,(H2,17,18,19). The number of rotatable bonds is 9. The first-order chi connectivity index (χ1) is 10.3. The minimum absolute atomic E-state index is 0.0299. The maximum absolute atomic E-state index is 12.0. The lowest BCUT2D eigenvalue weighted by molar-refractivity contribution is -0.135. The van der Waals surface area contributed by atoms with Crippen LogP contribution >= 0.6 is 0 Å². The van der Waals surface area contributed by atoms with E-state index in [4.69, 9.17) is 4.74 Å². The lowest BCUT2D eigenvalue weighted by atomic mass is 10.2. The molecule has 0 aliphatic rings. The van der Waals surface area contributed by atoms with E-state index in [1.54, 1.807) is 21.2 Å². The Morgan fingerprint density at radius 3 is 2.36 bits per heavy atom. The molecule has 0 spiro atoms. The molecule has 0 radical (unpaired) electrons. The number of hydrogen-bond donors (Lipinski definition) is 2. The van der Waals surface area contributed by atoms with Crippen LogP contribution in [0, 0.1) is 0 Å². The van der Waals surface area contributed by atoms with Crippen LogP contribution in [0.15, 0.2) is 4.99 Å². The molecular weight excluding hydrogens is 301 g/mol. The number of nitrogens with zero attached hydrogens (tertiary/aromatic N) is 2. The van der Waals surface area contributed by atoms with E-state index in [1.165, 1.54) is 4.90 Å². The van der Waals surface area contributed by atoms with Gasteiger partial charge in [-0.3, -0.25) is 4.79 Å². The predicted octanol–water partition coefficient (Wildman–Crippen LogP) is 0.989. The monoisotopic (exact) mass is 326 g/mol. The molecule has 2 N–H and O–H groups in total. The van der Waals surface area contributed by atoms with Crippen molar-refractivity contribution >= 4 is 11.9 Å². The van der Waals surface area contributed by atoms with Crippen LogP contribution in [-0.2, 0) is 9.53 Å². The van der Waals surface area contributed by atoms with Crippen molar-refractivity contribution in [3.8, 4) is 0 Å². The van der Waals surface area contributed by atoms with Crippen LogP contribution < -0.4 is 10.6 Å². The normalized spacial score (nSPS) is 12.2. The highest BCUT2D eigenvalue weighted by Crippen LogP contribution is 2.21. The third kappa shape index (κ3) is 12.2. The molecular formula is C13H25F3N4O2. The molecule has 0 aromatic rings. The Morgan fingerprint density at radius 2 is 1.82 bits per heavy atom. The van der Waals surface area contributed by atoms with Gasteiger partial charge in [-0.05, 0) is 12.8 Å². The molecule has 0 saturated heterocycles. The van der Waals surface area contributed by atoms with Crippen molar-refractivity contribution in [2.45, 2.75) is 25.4 Å². The Kier molecular flexibility index (Phi) is 10.3. The van der Waals surface area contributed by atoms with Gasteiger partial charge in [-0.1, -0.05) is 0 Å². The molecule has 0 aromatic carbocycles. The van der Waals surface area contributed by atoms with Crippen molar-refractivity contribution in [1.29, 1.82) is 0 Å². The molecule has 0 atom stereocenters. The lowest BCUT2D eigenvalue weighted by Gasteiger charge is -2.13. The number of guanidine groups is 1. The Morgan fingerprint density at radius 1 is 1.18 bits per heavy atom. The molecule has 0 unspecified atom stereocenters.